The van der Waals surface area contributed by atoms with Crippen molar-refractivity contribution in [2.24, 2.45) is 0 Å². The predicted octanol–water partition coefficient (Wildman–Crippen LogP) is 2.80. The van der Waals surface area contributed by atoms with Crippen molar-refractivity contribution in [1.82, 2.24) is 20.0 Å². The maximum absolute atomic E-state index is 11.6. The molecule has 0 saturated heterocycles. The van der Waals surface area contributed by atoms with Gasteiger partial charge in [0.25, 0.3) is 0 Å². The Hall–Kier alpha value is -2.50. The van der Waals surface area contributed by atoms with Crippen molar-refractivity contribution in [1.29, 1.82) is 0 Å². The largest absolute Gasteiger partial charge is 0.462 e. The smallest absolute Gasteiger partial charge is 0.339 e. The average molecular weight is 298 g/mol. The fourth-order valence-electron chi connectivity index (χ4n) is 2.45. The van der Waals surface area contributed by atoms with Crippen LogP contribution in [0, 0.1) is 0 Å². The van der Waals surface area contributed by atoms with Crippen LogP contribution in [-0.4, -0.2) is 32.6 Å². The normalized spacial score (nSPS) is 14.5. The molecule has 6 heteroatoms. The van der Waals surface area contributed by atoms with Crippen molar-refractivity contribution >= 4 is 11.5 Å². The standard InChI is InChI=1S/C16H18N4O2/c1-2-22-16(21)13-8-9-15(17-10-13)20-11-14(18-19-20)12-6-4-3-5-7-12/h6,8-11H,2-5,7H2,1H3. The highest BCUT2D eigenvalue weighted by Crippen LogP contribution is 2.25. The molecule has 2 aromatic heterocycles. The van der Waals surface area contributed by atoms with Gasteiger partial charge in [-0.05, 0) is 50.3 Å². The highest BCUT2D eigenvalue weighted by molar-refractivity contribution is 5.89. The van der Waals surface area contributed by atoms with Crippen molar-refractivity contribution in [3.8, 4) is 5.82 Å². The number of esters is 1. The van der Waals surface area contributed by atoms with Gasteiger partial charge in [0.1, 0.15) is 5.69 Å². The van der Waals surface area contributed by atoms with Gasteiger partial charge in [-0.15, -0.1) is 5.10 Å². The SMILES string of the molecule is CCOC(=O)c1ccc(-n2cc(C3=CCCCC3)nn2)nc1. The third-order valence-electron chi connectivity index (χ3n) is 3.61. The Morgan fingerprint density at radius 3 is 2.95 bits per heavy atom. The Labute approximate surface area is 128 Å². The summed E-state index contributed by atoms with van der Waals surface area (Å²) >= 11 is 0. The summed E-state index contributed by atoms with van der Waals surface area (Å²) in [6, 6.07) is 3.42. The molecule has 0 bridgehead atoms. The molecule has 0 saturated carbocycles. The minimum Gasteiger partial charge on any atom is -0.462 e. The second kappa shape index (κ2) is 6.51. The van der Waals surface area contributed by atoms with E-state index in [1.54, 1.807) is 23.7 Å². The zero-order valence-corrected chi connectivity index (χ0v) is 12.5. The van der Waals surface area contributed by atoms with Crippen LogP contribution >= 0.6 is 0 Å². The van der Waals surface area contributed by atoms with Gasteiger partial charge in [0.05, 0.1) is 18.4 Å². The lowest BCUT2D eigenvalue weighted by atomic mass is 9.98. The highest BCUT2D eigenvalue weighted by atomic mass is 16.5. The molecular formula is C16H18N4O2. The summed E-state index contributed by atoms with van der Waals surface area (Å²) in [5.41, 5.74) is 2.58. The van der Waals surface area contributed by atoms with Crippen LogP contribution in [0.1, 0.15) is 48.7 Å². The van der Waals surface area contributed by atoms with E-state index in [2.05, 4.69) is 21.4 Å². The summed E-state index contributed by atoms with van der Waals surface area (Å²) in [7, 11) is 0. The summed E-state index contributed by atoms with van der Waals surface area (Å²) in [5.74, 6) is 0.261. The lowest BCUT2D eigenvalue weighted by Crippen LogP contribution is -2.06. The minimum atomic E-state index is -0.367. The van der Waals surface area contributed by atoms with Gasteiger partial charge >= 0.3 is 5.97 Å². The second-order valence-electron chi connectivity index (χ2n) is 5.15. The van der Waals surface area contributed by atoms with Crippen molar-refractivity contribution in [3.63, 3.8) is 0 Å². The number of allylic oxidation sites excluding steroid dienone is 2. The van der Waals surface area contributed by atoms with Gasteiger partial charge < -0.3 is 4.74 Å². The van der Waals surface area contributed by atoms with Crippen molar-refractivity contribution in [2.75, 3.05) is 6.61 Å². The van der Waals surface area contributed by atoms with Crippen LogP contribution in [0.25, 0.3) is 11.4 Å². The molecule has 2 heterocycles. The molecule has 3 rings (SSSR count). The predicted molar refractivity (Wildman–Crippen MR) is 81.6 cm³/mol. The zero-order valence-electron chi connectivity index (χ0n) is 12.5. The quantitative estimate of drug-likeness (QED) is 0.812. The Morgan fingerprint density at radius 1 is 1.36 bits per heavy atom. The average Bonchev–Trinajstić information content (AvgIpc) is 3.06. The number of carbonyl (C=O) groups is 1. The number of aromatic nitrogens is 4. The third-order valence-corrected chi connectivity index (χ3v) is 3.61. The maximum atomic E-state index is 11.6. The van der Waals surface area contributed by atoms with E-state index < -0.39 is 0 Å². The molecule has 1 aliphatic carbocycles. The van der Waals surface area contributed by atoms with E-state index >= 15 is 0 Å². The summed E-state index contributed by atoms with van der Waals surface area (Å²) in [6.45, 7) is 2.12. The van der Waals surface area contributed by atoms with Crippen molar-refractivity contribution in [2.45, 2.75) is 32.6 Å². The van der Waals surface area contributed by atoms with Crippen LogP contribution < -0.4 is 0 Å². The fourth-order valence-corrected chi connectivity index (χ4v) is 2.45. The summed E-state index contributed by atoms with van der Waals surface area (Å²) in [6.07, 6.45) is 10.2. The lowest BCUT2D eigenvalue weighted by molar-refractivity contribution is 0.0526. The molecule has 0 unspecified atom stereocenters. The number of nitrogens with zero attached hydrogens (tertiary/aromatic N) is 4. The molecule has 0 aliphatic heterocycles. The van der Waals surface area contributed by atoms with Crippen LogP contribution in [0.5, 0.6) is 0 Å². The van der Waals surface area contributed by atoms with Crippen molar-refractivity contribution < 1.29 is 9.53 Å². The molecule has 0 radical (unpaired) electrons. The van der Waals surface area contributed by atoms with Crippen LogP contribution in [0.4, 0.5) is 0 Å². The summed E-state index contributed by atoms with van der Waals surface area (Å²) in [5, 5.41) is 8.34. The first-order valence-corrected chi connectivity index (χ1v) is 7.53. The third kappa shape index (κ3) is 3.05. The molecule has 22 heavy (non-hydrogen) atoms. The van der Waals surface area contributed by atoms with E-state index in [1.807, 2.05) is 6.20 Å². The molecule has 0 fully saturated rings. The zero-order chi connectivity index (χ0) is 15.4. The van der Waals surface area contributed by atoms with Gasteiger partial charge in [-0.25, -0.2) is 14.5 Å². The van der Waals surface area contributed by atoms with Gasteiger partial charge in [-0.1, -0.05) is 11.3 Å². The van der Waals surface area contributed by atoms with E-state index in [0.717, 1.165) is 18.5 Å². The van der Waals surface area contributed by atoms with Gasteiger partial charge in [-0.3, -0.25) is 0 Å². The lowest BCUT2D eigenvalue weighted by Gasteiger charge is -2.08. The summed E-state index contributed by atoms with van der Waals surface area (Å²) in [4.78, 5) is 15.8. The maximum Gasteiger partial charge on any atom is 0.339 e. The Morgan fingerprint density at radius 2 is 2.27 bits per heavy atom. The fraction of sp³-hybridized carbons (Fsp3) is 0.375. The highest BCUT2D eigenvalue weighted by Gasteiger charge is 2.12. The van der Waals surface area contributed by atoms with E-state index in [-0.39, 0.29) is 5.97 Å². The molecule has 1 aliphatic rings. The Bertz CT molecular complexity index is 688. The number of hydrogen-bond acceptors (Lipinski definition) is 5. The van der Waals surface area contributed by atoms with Gasteiger partial charge in [0, 0.05) is 6.20 Å². The molecular weight excluding hydrogens is 280 g/mol. The van der Waals surface area contributed by atoms with Gasteiger partial charge in [-0.2, -0.15) is 0 Å². The minimum absolute atomic E-state index is 0.349. The molecule has 2 aromatic rings. The molecule has 0 aromatic carbocycles. The first kappa shape index (κ1) is 14.4. The number of rotatable bonds is 4. The molecule has 0 N–H and O–H groups in total. The molecule has 0 atom stereocenters. The first-order valence-electron chi connectivity index (χ1n) is 7.53. The molecule has 0 amide bonds. The first-order chi connectivity index (χ1) is 10.8. The second-order valence-corrected chi connectivity index (χ2v) is 5.15. The van der Waals surface area contributed by atoms with Crippen LogP contribution in [0.3, 0.4) is 0 Å². The van der Waals surface area contributed by atoms with E-state index in [9.17, 15) is 4.79 Å². The van der Waals surface area contributed by atoms with Gasteiger partial charge in [0.15, 0.2) is 5.82 Å². The number of pyridine rings is 1. The van der Waals surface area contributed by atoms with E-state index in [4.69, 9.17) is 4.74 Å². The Kier molecular flexibility index (Phi) is 4.27. The van der Waals surface area contributed by atoms with Crippen LogP contribution in [-0.2, 0) is 4.74 Å². The number of hydrogen-bond donors (Lipinski definition) is 0. The molecule has 0 spiro atoms. The number of carbonyl (C=O) groups excluding carboxylic acids is 1. The van der Waals surface area contributed by atoms with E-state index in [1.165, 1.54) is 24.6 Å². The van der Waals surface area contributed by atoms with Crippen molar-refractivity contribution in [3.05, 3.63) is 41.9 Å². The van der Waals surface area contributed by atoms with Crippen LogP contribution in [0.15, 0.2) is 30.6 Å². The summed E-state index contributed by atoms with van der Waals surface area (Å²) < 4.78 is 6.56. The monoisotopic (exact) mass is 298 g/mol. The topological polar surface area (TPSA) is 69.9 Å². The molecule has 114 valence electrons. The van der Waals surface area contributed by atoms with Crippen LogP contribution in [0.2, 0.25) is 0 Å². The van der Waals surface area contributed by atoms with Gasteiger partial charge in [0.2, 0.25) is 0 Å². The van der Waals surface area contributed by atoms with E-state index in [0.29, 0.717) is 18.0 Å². The Balaban J connectivity index is 1.78. The number of ether oxygens (including phenoxy) is 1. The molecule has 6 nitrogen and oxygen atoms in total.